The number of hydrogen-bond acceptors (Lipinski definition) is 6. The molecule has 0 spiro atoms. The summed E-state index contributed by atoms with van der Waals surface area (Å²) in [5.41, 5.74) is -1.27. The minimum atomic E-state index is -1.30. The fraction of sp³-hybridized carbons (Fsp3) is 0.500. The second-order valence-electron chi connectivity index (χ2n) is 3.83. The Hall–Kier alpha value is -1.38. The van der Waals surface area contributed by atoms with Gasteiger partial charge in [-0.2, -0.15) is 12.6 Å². The van der Waals surface area contributed by atoms with Crippen molar-refractivity contribution in [3.05, 3.63) is 37.8 Å². The molecule has 0 saturated heterocycles. The normalized spacial score (nSPS) is 14.2. The van der Waals surface area contributed by atoms with Crippen LogP contribution in [0.4, 0.5) is 5.69 Å². The maximum Gasteiger partial charge on any atom is 0.337 e. The molecule has 2 atom stereocenters. The Morgan fingerprint density at radius 3 is 2.67 bits per heavy atom. The lowest BCUT2D eigenvalue weighted by Crippen LogP contribution is -2.22. The first-order valence-corrected chi connectivity index (χ1v) is 5.87. The highest BCUT2D eigenvalue weighted by Gasteiger charge is 2.26. The van der Waals surface area contributed by atoms with Gasteiger partial charge in [-0.15, -0.1) is 0 Å². The van der Waals surface area contributed by atoms with Crippen LogP contribution >= 0.6 is 12.6 Å². The molecule has 0 bridgehead atoms. The van der Waals surface area contributed by atoms with Gasteiger partial charge < -0.3 is 15.2 Å². The summed E-state index contributed by atoms with van der Waals surface area (Å²) < 4.78 is 0. The maximum atomic E-state index is 11.3. The molecule has 1 aromatic heterocycles. The number of aromatic nitrogens is 1. The monoisotopic (exact) mass is 274 g/mol. The number of nitro groups is 1. The molecule has 2 unspecified atom stereocenters. The third-order valence-electron chi connectivity index (χ3n) is 2.65. The number of H-pyrrole nitrogens is 1. The Morgan fingerprint density at radius 1 is 1.56 bits per heavy atom. The molecule has 1 aromatic rings. The number of aliphatic hydroxyl groups excluding tert-OH is 2. The molecule has 0 fully saturated rings. The van der Waals surface area contributed by atoms with Crippen LogP contribution in [0.15, 0.2) is 11.0 Å². The first-order valence-electron chi connectivity index (χ1n) is 5.23. The Balaban J connectivity index is 3.23. The fourth-order valence-electron chi connectivity index (χ4n) is 1.65. The van der Waals surface area contributed by atoms with E-state index in [2.05, 4.69) is 17.6 Å². The molecule has 100 valence electrons. The first-order chi connectivity index (χ1) is 8.40. The molecule has 0 aromatic carbocycles. The van der Waals surface area contributed by atoms with E-state index in [1.807, 2.05) is 0 Å². The van der Waals surface area contributed by atoms with Gasteiger partial charge in [-0.1, -0.05) is 0 Å². The van der Waals surface area contributed by atoms with Crippen LogP contribution in [0.5, 0.6) is 0 Å². The predicted octanol–water partition coefficient (Wildman–Crippen LogP) is 0.306. The quantitative estimate of drug-likeness (QED) is 0.350. The molecule has 3 N–H and O–H groups in total. The third kappa shape index (κ3) is 2.89. The van der Waals surface area contributed by atoms with Crippen LogP contribution in [0, 0.1) is 17.0 Å². The van der Waals surface area contributed by atoms with Crippen LogP contribution in [-0.4, -0.2) is 32.0 Å². The predicted molar refractivity (Wildman–Crippen MR) is 67.9 cm³/mol. The number of pyridine rings is 1. The van der Waals surface area contributed by atoms with Gasteiger partial charge in [-0.25, -0.2) is 0 Å². The van der Waals surface area contributed by atoms with Crippen molar-refractivity contribution in [2.45, 2.75) is 25.6 Å². The average Bonchev–Trinajstić information content (AvgIpc) is 2.28. The number of nitrogens with one attached hydrogen (secondary N) is 1. The fourth-order valence-corrected chi connectivity index (χ4v) is 1.92. The van der Waals surface area contributed by atoms with E-state index in [9.17, 15) is 25.1 Å². The van der Waals surface area contributed by atoms with Crippen LogP contribution in [0.3, 0.4) is 0 Å². The first kappa shape index (κ1) is 14.7. The zero-order chi connectivity index (χ0) is 13.9. The molecule has 0 amide bonds. The highest BCUT2D eigenvalue weighted by atomic mass is 32.1. The van der Waals surface area contributed by atoms with Gasteiger partial charge in [0, 0.05) is 17.3 Å². The van der Waals surface area contributed by atoms with Crippen LogP contribution in [-0.2, 0) is 0 Å². The number of aromatic amines is 1. The molecule has 0 aliphatic heterocycles. The minimum Gasteiger partial charge on any atom is -0.390 e. The highest BCUT2D eigenvalue weighted by Crippen LogP contribution is 2.25. The van der Waals surface area contributed by atoms with Gasteiger partial charge in [0.25, 0.3) is 0 Å². The molecule has 18 heavy (non-hydrogen) atoms. The Kier molecular flexibility index (Phi) is 4.88. The third-order valence-corrected chi connectivity index (χ3v) is 2.91. The van der Waals surface area contributed by atoms with E-state index >= 15 is 0 Å². The van der Waals surface area contributed by atoms with Crippen molar-refractivity contribution in [3.63, 3.8) is 0 Å². The summed E-state index contributed by atoms with van der Waals surface area (Å²) in [6.45, 7) is 1.36. The summed E-state index contributed by atoms with van der Waals surface area (Å²) in [6, 6.07) is 0. The van der Waals surface area contributed by atoms with E-state index in [4.69, 9.17) is 0 Å². The molecule has 0 aliphatic carbocycles. The summed E-state index contributed by atoms with van der Waals surface area (Å²) in [5.74, 6) is 0.364. The minimum absolute atomic E-state index is 0.0504. The second-order valence-corrected chi connectivity index (χ2v) is 4.28. The average molecular weight is 274 g/mol. The summed E-state index contributed by atoms with van der Waals surface area (Å²) >= 11 is 3.93. The molecule has 7 nitrogen and oxygen atoms in total. The Morgan fingerprint density at radius 2 is 2.17 bits per heavy atom. The molecule has 1 heterocycles. The van der Waals surface area contributed by atoms with Crippen molar-refractivity contribution >= 4 is 18.3 Å². The van der Waals surface area contributed by atoms with Crippen molar-refractivity contribution in [3.8, 4) is 0 Å². The zero-order valence-corrected chi connectivity index (χ0v) is 10.6. The van der Waals surface area contributed by atoms with Crippen molar-refractivity contribution in [2.75, 3.05) is 5.75 Å². The zero-order valence-electron chi connectivity index (χ0n) is 9.66. The standard InChI is InChI=1S/C10H14N2O5S/c1-5-6(9(14)7(13)2-3-18)4-11-10(15)8(5)12(16)17/h4,7,9,13-14,18H,2-3H2,1H3,(H,11,15). The van der Waals surface area contributed by atoms with E-state index in [1.54, 1.807) is 0 Å². The smallest absolute Gasteiger partial charge is 0.337 e. The van der Waals surface area contributed by atoms with E-state index in [0.29, 0.717) is 5.75 Å². The summed E-state index contributed by atoms with van der Waals surface area (Å²) in [5, 5.41) is 30.2. The van der Waals surface area contributed by atoms with Crippen molar-refractivity contribution < 1.29 is 15.1 Å². The lowest BCUT2D eigenvalue weighted by Gasteiger charge is -2.18. The molecule has 8 heteroatoms. The molecule has 0 saturated carbocycles. The van der Waals surface area contributed by atoms with Gasteiger partial charge >= 0.3 is 11.2 Å². The van der Waals surface area contributed by atoms with E-state index in [1.165, 1.54) is 13.1 Å². The number of aliphatic hydroxyl groups is 2. The summed E-state index contributed by atoms with van der Waals surface area (Å²) in [7, 11) is 0. The highest BCUT2D eigenvalue weighted by molar-refractivity contribution is 7.80. The van der Waals surface area contributed by atoms with Gasteiger partial charge in [0.1, 0.15) is 6.10 Å². The van der Waals surface area contributed by atoms with Crippen LogP contribution in [0.2, 0.25) is 0 Å². The summed E-state index contributed by atoms with van der Waals surface area (Å²) in [4.78, 5) is 23.4. The molecular formula is C10H14N2O5S. The van der Waals surface area contributed by atoms with Gasteiger partial charge in [0.15, 0.2) is 0 Å². The number of rotatable bonds is 5. The molecule has 1 rings (SSSR count). The molecular weight excluding hydrogens is 260 g/mol. The van der Waals surface area contributed by atoms with E-state index < -0.39 is 28.4 Å². The topological polar surface area (TPSA) is 116 Å². The molecule has 0 radical (unpaired) electrons. The van der Waals surface area contributed by atoms with Gasteiger partial charge in [0.05, 0.1) is 11.0 Å². The van der Waals surface area contributed by atoms with Gasteiger partial charge in [-0.3, -0.25) is 14.9 Å². The van der Waals surface area contributed by atoms with Crippen molar-refractivity contribution in [1.82, 2.24) is 4.98 Å². The van der Waals surface area contributed by atoms with Crippen LogP contribution < -0.4 is 5.56 Å². The van der Waals surface area contributed by atoms with Crippen LogP contribution in [0.25, 0.3) is 0 Å². The van der Waals surface area contributed by atoms with Crippen molar-refractivity contribution in [2.24, 2.45) is 0 Å². The van der Waals surface area contributed by atoms with Gasteiger partial charge in [0.2, 0.25) is 0 Å². The van der Waals surface area contributed by atoms with Crippen LogP contribution in [0.1, 0.15) is 23.7 Å². The lowest BCUT2D eigenvalue weighted by molar-refractivity contribution is -0.387. The SMILES string of the molecule is Cc1c(C(O)C(O)CCS)c[nH]c(=O)c1[N+](=O)[O-]. The Labute approximate surface area is 108 Å². The van der Waals surface area contributed by atoms with E-state index in [-0.39, 0.29) is 17.5 Å². The summed E-state index contributed by atoms with van der Waals surface area (Å²) in [6.07, 6.45) is -0.979. The van der Waals surface area contributed by atoms with Crippen molar-refractivity contribution in [1.29, 1.82) is 0 Å². The number of hydrogen-bond donors (Lipinski definition) is 4. The number of thiol groups is 1. The lowest BCUT2D eigenvalue weighted by atomic mass is 9.99. The number of nitrogens with zero attached hydrogens (tertiary/aromatic N) is 1. The molecule has 0 aliphatic rings. The maximum absolute atomic E-state index is 11.3. The second kappa shape index (κ2) is 5.98. The largest absolute Gasteiger partial charge is 0.390 e. The van der Waals surface area contributed by atoms with Gasteiger partial charge in [-0.05, 0) is 19.1 Å². The Bertz CT molecular complexity index is 502. The van der Waals surface area contributed by atoms with E-state index in [0.717, 1.165) is 0 Å².